The van der Waals surface area contributed by atoms with Crippen molar-refractivity contribution < 1.29 is 28.9 Å². The largest absolute Gasteiger partial charge is 0.463 e. The fourth-order valence-electron chi connectivity index (χ4n) is 6.51. The highest BCUT2D eigenvalue weighted by Gasteiger charge is 2.36. The van der Waals surface area contributed by atoms with Gasteiger partial charge in [0, 0.05) is 12.8 Å². The third-order valence-corrected chi connectivity index (χ3v) is 9.85. The third kappa shape index (κ3) is 32.3. The molecule has 49 heavy (non-hydrogen) atoms. The lowest BCUT2D eigenvalue weighted by Gasteiger charge is -2.12. The first kappa shape index (κ1) is 45.6. The number of hydrogen-bond donors (Lipinski definition) is 1. The van der Waals surface area contributed by atoms with Crippen LogP contribution in [0.4, 0.5) is 0 Å². The number of hydrogen-bond acceptors (Lipinski definition) is 6. The Labute approximate surface area is 303 Å². The second kappa shape index (κ2) is 33.7. The number of aliphatic hydroxyl groups excluding tert-OH is 1. The summed E-state index contributed by atoms with van der Waals surface area (Å²) >= 11 is 0. The Kier molecular flexibility index (Phi) is 31.4. The molecule has 0 bridgehead atoms. The zero-order chi connectivity index (χ0) is 35.6. The average molecular weight is 693 g/mol. The molecular formula is C43H80O6. The average Bonchev–Trinajstić information content (AvgIpc) is 3.84. The minimum absolute atomic E-state index is 0.120. The summed E-state index contributed by atoms with van der Waals surface area (Å²) in [5.74, 6) is 0.279. The van der Waals surface area contributed by atoms with Gasteiger partial charge in [0.15, 0.2) is 0 Å². The van der Waals surface area contributed by atoms with E-state index in [9.17, 15) is 14.7 Å². The quantitative estimate of drug-likeness (QED) is 0.0302. The van der Waals surface area contributed by atoms with Crippen molar-refractivity contribution in [3.05, 3.63) is 12.2 Å². The monoisotopic (exact) mass is 693 g/mol. The van der Waals surface area contributed by atoms with Gasteiger partial charge in [-0.15, -0.1) is 0 Å². The first-order valence-corrected chi connectivity index (χ1v) is 21.2. The highest BCUT2D eigenvalue weighted by molar-refractivity contribution is 5.69. The van der Waals surface area contributed by atoms with Crippen LogP contribution in [-0.4, -0.2) is 48.6 Å². The van der Waals surface area contributed by atoms with Crippen LogP contribution in [0.5, 0.6) is 0 Å². The molecule has 1 rings (SSSR count). The van der Waals surface area contributed by atoms with E-state index >= 15 is 0 Å². The van der Waals surface area contributed by atoms with E-state index in [1.54, 1.807) is 0 Å². The van der Waals surface area contributed by atoms with E-state index in [4.69, 9.17) is 14.2 Å². The Morgan fingerprint density at radius 1 is 0.592 bits per heavy atom. The predicted octanol–water partition coefficient (Wildman–Crippen LogP) is 12.1. The predicted molar refractivity (Wildman–Crippen MR) is 205 cm³/mol. The summed E-state index contributed by atoms with van der Waals surface area (Å²) in [4.78, 5) is 24.0. The third-order valence-electron chi connectivity index (χ3n) is 9.85. The standard InChI is InChI=1S/C43H80O6/c1-4-5-6-7-22-27-32-40-41(49-40)33-28-23-20-25-30-35-43(46)48-37-39(44)36-47-42(45)34-29-24-19-17-15-13-11-9-8-10-12-14-16-18-21-26-31-38(2)3/h22,27,38-41,44H,4-21,23-26,28-37H2,1-3H3/b27-22-/t39-,40?,41?/m0/s1. The minimum atomic E-state index is -0.970. The molecular weight excluding hydrogens is 612 g/mol. The Morgan fingerprint density at radius 2 is 1.04 bits per heavy atom. The minimum Gasteiger partial charge on any atom is -0.463 e. The zero-order valence-corrected chi connectivity index (χ0v) is 32.6. The van der Waals surface area contributed by atoms with Crippen LogP contribution >= 0.6 is 0 Å². The van der Waals surface area contributed by atoms with Gasteiger partial charge in [0.2, 0.25) is 0 Å². The van der Waals surface area contributed by atoms with Gasteiger partial charge in [0.05, 0.1) is 12.2 Å². The molecule has 6 nitrogen and oxygen atoms in total. The van der Waals surface area contributed by atoms with Crippen LogP contribution in [0.1, 0.15) is 213 Å². The molecule has 3 atom stereocenters. The van der Waals surface area contributed by atoms with Gasteiger partial charge in [-0.25, -0.2) is 0 Å². The number of carbonyl (C=O) groups excluding carboxylic acids is 2. The van der Waals surface area contributed by atoms with Crippen LogP contribution in [0.3, 0.4) is 0 Å². The van der Waals surface area contributed by atoms with Crippen molar-refractivity contribution in [2.45, 2.75) is 232 Å². The summed E-state index contributed by atoms with van der Waals surface area (Å²) in [5.41, 5.74) is 0. The van der Waals surface area contributed by atoms with Crippen LogP contribution in [0.2, 0.25) is 0 Å². The maximum atomic E-state index is 12.0. The smallest absolute Gasteiger partial charge is 0.305 e. The van der Waals surface area contributed by atoms with Gasteiger partial charge in [0.1, 0.15) is 19.3 Å². The van der Waals surface area contributed by atoms with E-state index in [-0.39, 0.29) is 25.2 Å². The number of aliphatic hydroxyl groups is 1. The molecule has 1 heterocycles. The molecule has 1 aliphatic heterocycles. The van der Waals surface area contributed by atoms with Gasteiger partial charge >= 0.3 is 11.9 Å². The van der Waals surface area contributed by atoms with Crippen LogP contribution in [0.15, 0.2) is 12.2 Å². The molecule has 6 heteroatoms. The van der Waals surface area contributed by atoms with Crippen molar-refractivity contribution >= 4 is 11.9 Å². The van der Waals surface area contributed by atoms with Crippen molar-refractivity contribution in [1.29, 1.82) is 0 Å². The lowest BCUT2D eigenvalue weighted by molar-refractivity contribution is -0.152. The fraction of sp³-hybridized carbons (Fsp3) is 0.907. The Morgan fingerprint density at radius 3 is 1.51 bits per heavy atom. The summed E-state index contributed by atoms with van der Waals surface area (Å²) < 4.78 is 16.1. The number of unbranched alkanes of at least 4 members (excludes halogenated alkanes) is 22. The molecule has 0 aliphatic carbocycles. The molecule has 2 unspecified atom stereocenters. The normalized spacial score (nSPS) is 16.4. The molecule has 0 aromatic carbocycles. The first-order valence-electron chi connectivity index (χ1n) is 21.2. The van der Waals surface area contributed by atoms with Crippen molar-refractivity contribution in [3.8, 4) is 0 Å². The summed E-state index contributed by atoms with van der Waals surface area (Å²) in [6.07, 6.45) is 40.1. The van der Waals surface area contributed by atoms with Crippen LogP contribution in [0.25, 0.3) is 0 Å². The van der Waals surface area contributed by atoms with E-state index in [1.807, 2.05) is 0 Å². The fourth-order valence-corrected chi connectivity index (χ4v) is 6.51. The van der Waals surface area contributed by atoms with Gasteiger partial charge in [-0.2, -0.15) is 0 Å². The van der Waals surface area contributed by atoms with Crippen molar-refractivity contribution in [3.63, 3.8) is 0 Å². The van der Waals surface area contributed by atoms with E-state index in [0.29, 0.717) is 25.0 Å². The second-order valence-corrected chi connectivity index (χ2v) is 15.3. The molecule has 1 saturated heterocycles. The molecule has 0 saturated carbocycles. The summed E-state index contributed by atoms with van der Waals surface area (Å²) in [6.45, 7) is 6.63. The van der Waals surface area contributed by atoms with E-state index in [2.05, 4.69) is 32.9 Å². The van der Waals surface area contributed by atoms with Gasteiger partial charge in [-0.1, -0.05) is 174 Å². The van der Waals surface area contributed by atoms with Gasteiger partial charge in [-0.05, 0) is 44.4 Å². The Bertz CT molecular complexity index is 780. The van der Waals surface area contributed by atoms with Crippen LogP contribution in [0, 0.1) is 5.92 Å². The van der Waals surface area contributed by atoms with Gasteiger partial charge in [0.25, 0.3) is 0 Å². The van der Waals surface area contributed by atoms with Crippen LogP contribution in [-0.2, 0) is 23.8 Å². The SMILES string of the molecule is CCCCC/C=C\CC1OC1CCCCCCCC(=O)OC[C@@H](O)COC(=O)CCCCCCCCCCCCCCCCCCC(C)C. The number of esters is 2. The molecule has 0 spiro atoms. The number of carbonyl (C=O) groups is 2. The zero-order valence-electron chi connectivity index (χ0n) is 32.6. The molecule has 0 radical (unpaired) electrons. The van der Waals surface area contributed by atoms with E-state index in [1.165, 1.54) is 122 Å². The maximum Gasteiger partial charge on any atom is 0.305 e. The molecule has 1 aliphatic rings. The van der Waals surface area contributed by atoms with Gasteiger partial charge in [-0.3, -0.25) is 9.59 Å². The highest BCUT2D eigenvalue weighted by Crippen LogP contribution is 2.30. The Balaban J connectivity index is 1.79. The van der Waals surface area contributed by atoms with Crippen molar-refractivity contribution in [2.75, 3.05) is 13.2 Å². The molecule has 1 fully saturated rings. The Hall–Kier alpha value is -1.40. The number of allylic oxidation sites excluding steroid dienone is 1. The number of epoxide rings is 1. The molecule has 0 aromatic heterocycles. The van der Waals surface area contributed by atoms with Crippen molar-refractivity contribution in [1.82, 2.24) is 0 Å². The lowest BCUT2D eigenvalue weighted by Crippen LogP contribution is -2.25. The van der Waals surface area contributed by atoms with Crippen molar-refractivity contribution in [2.24, 2.45) is 5.92 Å². The van der Waals surface area contributed by atoms with Crippen LogP contribution < -0.4 is 0 Å². The van der Waals surface area contributed by atoms with E-state index in [0.717, 1.165) is 63.7 Å². The second-order valence-electron chi connectivity index (χ2n) is 15.3. The topological polar surface area (TPSA) is 85.4 Å². The lowest BCUT2D eigenvalue weighted by atomic mass is 10.0. The molecule has 288 valence electrons. The summed E-state index contributed by atoms with van der Waals surface area (Å²) in [6, 6.07) is 0. The van der Waals surface area contributed by atoms with Gasteiger partial charge < -0.3 is 19.3 Å². The first-order chi connectivity index (χ1) is 23.9. The molecule has 0 aromatic rings. The highest BCUT2D eigenvalue weighted by atomic mass is 16.6. The molecule has 1 N–H and O–H groups in total. The van der Waals surface area contributed by atoms with E-state index < -0.39 is 6.10 Å². The number of ether oxygens (including phenoxy) is 3. The summed E-state index contributed by atoms with van der Waals surface area (Å²) in [5, 5.41) is 10.0. The summed E-state index contributed by atoms with van der Waals surface area (Å²) in [7, 11) is 0. The number of rotatable bonds is 37. The molecule has 0 amide bonds. The maximum absolute atomic E-state index is 12.0.